The van der Waals surface area contributed by atoms with Crippen molar-refractivity contribution in [3.8, 4) is 22.8 Å². The highest BCUT2D eigenvalue weighted by molar-refractivity contribution is 6.07. The van der Waals surface area contributed by atoms with Crippen LogP contribution in [0.25, 0.3) is 32.8 Å². The molecule has 0 unspecified atom stereocenters. The van der Waals surface area contributed by atoms with Crippen LogP contribution in [0.1, 0.15) is 5.56 Å². The monoisotopic (exact) mass is 464 g/mol. The van der Waals surface area contributed by atoms with Crippen molar-refractivity contribution in [2.24, 2.45) is 0 Å². The fourth-order valence-electron chi connectivity index (χ4n) is 4.78. The molecule has 1 aliphatic heterocycles. The van der Waals surface area contributed by atoms with Gasteiger partial charge in [0.05, 0.1) is 12.1 Å². The minimum atomic E-state index is -1.43. The maximum atomic E-state index is 13.1. The van der Waals surface area contributed by atoms with Gasteiger partial charge in [-0.2, -0.15) is 0 Å². The normalized spacial score (nSPS) is 17.6. The molecule has 0 radical (unpaired) electrons. The van der Waals surface area contributed by atoms with Gasteiger partial charge in [-0.25, -0.2) is 4.79 Å². The van der Waals surface area contributed by atoms with E-state index in [0.717, 1.165) is 22.0 Å². The molecule has 5 aromatic rings. The molecule has 8 heteroatoms. The van der Waals surface area contributed by atoms with Crippen molar-refractivity contribution < 1.29 is 19.8 Å². The number of aromatic hydroxyl groups is 2. The summed E-state index contributed by atoms with van der Waals surface area (Å²) in [6.45, 7) is -0.0407. The number of aromatic nitrogens is 2. The number of imide groups is 1. The van der Waals surface area contributed by atoms with Gasteiger partial charge in [-0.05, 0) is 35.4 Å². The van der Waals surface area contributed by atoms with Crippen LogP contribution >= 0.6 is 0 Å². The zero-order chi connectivity index (χ0) is 24.2. The maximum absolute atomic E-state index is 13.1. The van der Waals surface area contributed by atoms with Crippen LogP contribution in [0.2, 0.25) is 0 Å². The van der Waals surface area contributed by atoms with Crippen LogP contribution in [-0.4, -0.2) is 31.7 Å². The maximum Gasteiger partial charge on any atom is 0.322 e. The molecule has 0 aliphatic carbocycles. The molecule has 35 heavy (non-hydrogen) atoms. The van der Waals surface area contributed by atoms with Crippen LogP contribution < -0.4 is 10.6 Å². The number of para-hydroxylation sites is 1. The van der Waals surface area contributed by atoms with Crippen LogP contribution in [0, 0.1) is 0 Å². The number of rotatable bonds is 4. The van der Waals surface area contributed by atoms with Gasteiger partial charge in [0.15, 0.2) is 11.4 Å². The van der Waals surface area contributed by atoms with Crippen molar-refractivity contribution in [3.63, 3.8) is 0 Å². The van der Waals surface area contributed by atoms with E-state index in [0.29, 0.717) is 16.3 Å². The van der Waals surface area contributed by atoms with Crippen molar-refractivity contribution in [1.29, 1.82) is 0 Å². The third-order valence-corrected chi connectivity index (χ3v) is 6.52. The lowest BCUT2D eigenvalue weighted by atomic mass is 9.88. The second kappa shape index (κ2) is 7.59. The van der Waals surface area contributed by atoms with Gasteiger partial charge in [0.1, 0.15) is 5.75 Å². The SMILES string of the molecule is O=C1NC(=O)[C@](Cn2cc3ccc(O)cc3c2O)(c2ccc(-c3cccc4cccnc34)cc2)N1. The van der Waals surface area contributed by atoms with Crippen LogP contribution in [0.3, 0.4) is 0 Å². The highest BCUT2D eigenvalue weighted by atomic mass is 16.3. The van der Waals surface area contributed by atoms with Gasteiger partial charge in [0.25, 0.3) is 5.91 Å². The van der Waals surface area contributed by atoms with E-state index < -0.39 is 17.5 Å². The first kappa shape index (κ1) is 20.7. The Bertz CT molecular complexity index is 1640. The van der Waals surface area contributed by atoms with E-state index in [1.807, 2.05) is 42.5 Å². The Labute approximate surface area is 199 Å². The topological polar surface area (TPSA) is 116 Å². The minimum Gasteiger partial charge on any atom is -0.508 e. The Morgan fingerprint density at radius 3 is 2.49 bits per heavy atom. The molecule has 4 N–H and O–H groups in total. The molecule has 1 saturated heterocycles. The second-order valence-electron chi connectivity index (χ2n) is 8.62. The van der Waals surface area contributed by atoms with Crippen molar-refractivity contribution in [2.45, 2.75) is 12.1 Å². The summed E-state index contributed by atoms with van der Waals surface area (Å²) < 4.78 is 1.50. The van der Waals surface area contributed by atoms with Gasteiger partial charge < -0.3 is 20.1 Å². The van der Waals surface area contributed by atoms with Crippen LogP contribution in [0.4, 0.5) is 4.79 Å². The molecule has 1 fully saturated rings. The number of carbonyl (C=O) groups is 2. The van der Waals surface area contributed by atoms with Crippen LogP contribution in [0.5, 0.6) is 11.6 Å². The number of urea groups is 1. The van der Waals surface area contributed by atoms with Crippen molar-refractivity contribution in [2.75, 3.05) is 0 Å². The summed E-state index contributed by atoms with van der Waals surface area (Å²) in [6, 6.07) is 21.3. The van der Waals surface area contributed by atoms with E-state index in [2.05, 4.69) is 15.6 Å². The average molecular weight is 464 g/mol. The van der Waals surface area contributed by atoms with E-state index in [1.54, 1.807) is 30.6 Å². The number of fused-ring (bicyclic) bond motifs is 2. The summed E-state index contributed by atoms with van der Waals surface area (Å²) in [6.07, 6.45) is 3.43. The van der Waals surface area contributed by atoms with Gasteiger partial charge in [0.2, 0.25) is 0 Å². The van der Waals surface area contributed by atoms with Gasteiger partial charge in [0, 0.05) is 34.1 Å². The predicted molar refractivity (Wildman–Crippen MR) is 131 cm³/mol. The van der Waals surface area contributed by atoms with Gasteiger partial charge >= 0.3 is 6.03 Å². The third kappa shape index (κ3) is 3.26. The summed E-state index contributed by atoms with van der Waals surface area (Å²) in [4.78, 5) is 29.8. The number of hydrogen-bond donors (Lipinski definition) is 4. The molecule has 0 saturated carbocycles. The van der Waals surface area contributed by atoms with Crippen molar-refractivity contribution >= 4 is 33.6 Å². The van der Waals surface area contributed by atoms with Gasteiger partial charge in [-0.1, -0.05) is 48.5 Å². The number of phenols is 1. The average Bonchev–Trinajstić information content (AvgIpc) is 3.33. The molecule has 0 spiro atoms. The fraction of sp³-hybridized carbons (Fsp3) is 0.0741. The number of nitrogens with one attached hydrogen (secondary N) is 2. The molecule has 8 nitrogen and oxygen atoms in total. The molecule has 6 rings (SSSR count). The van der Waals surface area contributed by atoms with E-state index in [9.17, 15) is 19.8 Å². The zero-order valence-corrected chi connectivity index (χ0v) is 18.4. The van der Waals surface area contributed by atoms with Crippen LogP contribution in [-0.2, 0) is 16.9 Å². The molecule has 172 valence electrons. The number of nitrogens with zero attached hydrogens (tertiary/aromatic N) is 2. The number of phenolic OH excluding ortho intramolecular Hbond substituents is 1. The standard InChI is InChI=1S/C27H20N4O4/c32-20-11-8-18-14-31(24(33)22(18)13-20)15-27(25(34)29-26(35)30-27)19-9-6-16(7-10-19)21-5-1-3-17-4-2-12-28-23(17)21/h1-14,32-33H,15H2,(H2,29,30,34,35)/t27-/m0/s1. The minimum absolute atomic E-state index is 0.0192. The van der Waals surface area contributed by atoms with Crippen molar-refractivity contribution in [1.82, 2.24) is 20.2 Å². The van der Waals surface area contributed by atoms with E-state index in [4.69, 9.17) is 0 Å². The quantitative estimate of drug-likeness (QED) is 0.300. The lowest BCUT2D eigenvalue weighted by Gasteiger charge is -2.27. The molecule has 1 aliphatic rings. The lowest BCUT2D eigenvalue weighted by Crippen LogP contribution is -2.47. The summed E-state index contributed by atoms with van der Waals surface area (Å²) in [5, 5.41) is 27.8. The molecule has 0 bridgehead atoms. The Kier molecular flexibility index (Phi) is 4.50. The number of amides is 3. The van der Waals surface area contributed by atoms with Gasteiger partial charge in [-0.15, -0.1) is 0 Å². The zero-order valence-electron chi connectivity index (χ0n) is 18.4. The molecular weight excluding hydrogens is 444 g/mol. The summed E-state index contributed by atoms with van der Waals surface area (Å²) in [5.74, 6) is -0.601. The van der Waals surface area contributed by atoms with Gasteiger partial charge in [-0.3, -0.25) is 15.1 Å². The van der Waals surface area contributed by atoms with E-state index >= 15 is 0 Å². The molecule has 1 atom stereocenters. The van der Waals surface area contributed by atoms with Crippen LogP contribution in [0.15, 0.2) is 85.2 Å². The number of carbonyl (C=O) groups excluding carboxylic acids is 2. The fourth-order valence-corrected chi connectivity index (χ4v) is 4.78. The first-order valence-corrected chi connectivity index (χ1v) is 11.0. The second-order valence-corrected chi connectivity index (χ2v) is 8.62. The smallest absolute Gasteiger partial charge is 0.322 e. The number of hydrogen-bond acceptors (Lipinski definition) is 5. The Hall–Kier alpha value is -4.85. The molecule has 3 amide bonds. The molecule has 3 heterocycles. The molecule has 2 aromatic heterocycles. The Morgan fingerprint density at radius 1 is 0.914 bits per heavy atom. The van der Waals surface area contributed by atoms with E-state index in [1.165, 1.54) is 16.7 Å². The van der Waals surface area contributed by atoms with E-state index in [-0.39, 0.29) is 18.2 Å². The molecule has 3 aromatic carbocycles. The third-order valence-electron chi connectivity index (χ3n) is 6.52. The Morgan fingerprint density at radius 2 is 1.71 bits per heavy atom. The Balaban J connectivity index is 1.43. The number of pyridine rings is 1. The number of benzene rings is 3. The predicted octanol–water partition coefficient (Wildman–Crippen LogP) is 4.00. The highest BCUT2D eigenvalue weighted by Crippen LogP contribution is 2.36. The summed E-state index contributed by atoms with van der Waals surface area (Å²) in [5.41, 5.74) is 1.89. The van der Waals surface area contributed by atoms with Crippen molar-refractivity contribution in [3.05, 3.63) is 90.8 Å². The first-order valence-electron chi connectivity index (χ1n) is 11.0. The lowest BCUT2D eigenvalue weighted by molar-refractivity contribution is -0.124. The summed E-state index contributed by atoms with van der Waals surface area (Å²) >= 11 is 0. The highest BCUT2D eigenvalue weighted by Gasteiger charge is 2.48. The largest absolute Gasteiger partial charge is 0.508 e. The first-order chi connectivity index (χ1) is 16.9. The molecular formula is C27H20N4O4. The summed E-state index contributed by atoms with van der Waals surface area (Å²) in [7, 11) is 0.